The number of alkyl halides is 3. The van der Waals surface area contributed by atoms with Crippen LogP contribution in [0.5, 0.6) is 0 Å². The first-order valence-electron chi connectivity index (χ1n) is 31.8. The van der Waals surface area contributed by atoms with Crippen molar-refractivity contribution in [2.24, 2.45) is 0 Å². The first-order valence-corrected chi connectivity index (χ1v) is 25.0. The van der Waals surface area contributed by atoms with Gasteiger partial charge in [-0.2, -0.15) is 18.3 Å². The van der Waals surface area contributed by atoms with Crippen molar-refractivity contribution >= 4 is 70.8 Å². The molecule has 9 heterocycles. The van der Waals surface area contributed by atoms with E-state index < -0.39 is 110 Å². The fourth-order valence-corrected chi connectivity index (χ4v) is 10.2. The third kappa shape index (κ3) is 10.5. The lowest BCUT2D eigenvalue weighted by atomic mass is 10.0. The third-order valence-corrected chi connectivity index (χ3v) is 13.9. The molecule has 9 aromatic heterocycles. The van der Waals surface area contributed by atoms with Crippen LogP contribution in [0.4, 0.5) is 13.2 Å². The van der Waals surface area contributed by atoms with Crippen molar-refractivity contribution in [2.75, 3.05) is 0 Å². The molecule has 0 bridgehead atoms. The summed E-state index contributed by atoms with van der Waals surface area (Å²) in [5, 5.41) is 15.6. The van der Waals surface area contributed by atoms with Crippen LogP contribution in [-0.2, 0) is 13.0 Å². The van der Waals surface area contributed by atoms with Crippen molar-refractivity contribution in [2.45, 2.75) is 86.4 Å². The van der Waals surface area contributed by atoms with E-state index in [2.05, 4.69) is 70.3 Å². The van der Waals surface area contributed by atoms with Crippen LogP contribution in [0, 0.1) is 45.1 Å². The van der Waals surface area contributed by atoms with Crippen molar-refractivity contribution < 1.29 is 51.4 Å². The lowest BCUT2D eigenvalue weighted by molar-refractivity contribution is -0.142. The van der Waals surface area contributed by atoms with Gasteiger partial charge in [-0.05, 0) is 142 Å². The van der Waals surface area contributed by atoms with E-state index >= 15 is 0 Å². The monoisotopic (exact) mass is 1260 g/mol. The first-order chi connectivity index (χ1) is 43.7. The molecule has 2 unspecified atom stereocenters. The van der Waals surface area contributed by atoms with Gasteiger partial charge in [0.2, 0.25) is 0 Å². The van der Waals surface area contributed by atoms with E-state index in [9.17, 15) is 15.9 Å². The molecule has 0 radical (unpaired) electrons. The van der Waals surface area contributed by atoms with Crippen LogP contribution in [0.25, 0.3) is 70.2 Å². The van der Waals surface area contributed by atoms with Gasteiger partial charge in [-0.15, -0.1) is 0 Å². The van der Waals surface area contributed by atoms with Gasteiger partial charge in [0.15, 0.2) is 0 Å². The topological polar surface area (TPSA) is 144 Å². The molecule has 1 aliphatic rings. The number of fused-ring (bicyclic) bond motifs is 3. The summed E-state index contributed by atoms with van der Waals surface area (Å²) in [6.07, 6.45) is 8.29. The molecule has 12 rings (SSSR count). The SMILES string of the molecule is Cc1noc(C)c1-c1cnc2c(c1)CC=C2I.[2H]c1c([2H])c([2H])c(C([2H])(n2cc(-c3cnn(CC(F)(F)F)c3)c3ncc(-c4c(C)noc4C)cc32)C([2H])([2H])[2H])c([2H])c1[2H].[2H]c1c([2H])c([2H])c(C([2H])(n2cc(I)c3ncc(-c4c(C)noc4C)cc32)C([2H])([2H])[2H])c([2H])c1[2H]. The van der Waals surface area contributed by atoms with Gasteiger partial charge in [0, 0.05) is 93.5 Å². The van der Waals surface area contributed by atoms with Crippen molar-refractivity contribution in [1.29, 1.82) is 0 Å². The van der Waals surface area contributed by atoms with Crippen molar-refractivity contribution in [3.05, 3.63) is 188 Å². The second-order valence-electron chi connectivity index (χ2n) is 17.3. The van der Waals surface area contributed by atoms with Gasteiger partial charge >= 0.3 is 6.18 Å². The Morgan fingerprint density at radius 1 is 0.632 bits per heavy atom. The lowest BCUT2D eigenvalue weighted by Crippen LogP contribution is -2.17. The Labute approximate surface area is 488 Å². The summed E-state index contributed by atoms with van der Waals surface area (Å²) in [5.41, 5.74) is 8.18. The molecule has 2 aromatic carbocycles. The third-order valence-electron chi connectivity index (χ3n) is 12.1. The van der Waals surface area contributed by atoms with Gasteiger partial charge in [-0.3, -0.25) is 19.6 Å². The second kappa shape index (κ2) is 21.4. The van der Waals surface area contributed by atoms with Crippen molar-refractivity contribution in [3.8, 4) is 44.5 Å². The van der Waals surface area contributed by atoms with Crippen LogP contribution in [-0.4, -0.2) is 55.5 Å². The Morgan fingerprint density at radius 3 is 1.62 bits per heavy atom. The number of halogens is 5. The molecule has 0 saturated heterocycles. The summed E-state index contributed by atoms with van der Waals surface area (Å²) in [4.78, 5) is 13.5. The molecule has 0 amide bonds. The molecule has 386 valence electrons. The summed E-state index contributed by atoms with van der Waals surface area (Å²) in [6, 6.07) is -8.29. The number of hydrogen-bond acceptors (Lipinski definition) is 10. The number of aromatic nitrogens is 10. The molecule has 0 aliphatic heterocycles. The second-order valence-corrected chi connectivity index (χ2v) is 19.6. The summed E-state index contributed by atoms with van der Waals surface area (Å²) in [5.74, 6) is 1.79. The smallest absolute Gasteiger partial charge is 0.361 e. The predicted molar refractivity (Wildman–Crippen MR) is 305 cm³/mol. The van der Waals surface area contributed by atoms with Crippen LogP contribution in [0.15, 0.2) is 142 Å². The highest BCUT2D eigenvalue weighted by atomic mass is 127. The van der Waals surface area contributed by atoms with Gasteiger partial charge in [-0.25, -0.2) is 0 Å². The van der Waals surface area contributed by atoms with Gasteiger partial charge in [0.1, 0.15) is 29.3 Å². The Kier molecular flexibility index (Phi) is 9.72. The van der Waals surface area contributed by atoms with Crippen molar-refractivity contribution in [3.63, 3.8) is 0 Å². The standard InChI is InChI=1S/C25H22F3N5O.C20H18IN3O.C13H11IN2O/c1-15-23(17(3)34-31-15)19-9-22-24(29-10-19)21(20-11-30-32(12-20)14-25(26,27)28)13-33(22)16(2)18-7-5-4-6-8-18;1-12-19(14(3)25-23-12)16-9-18-20(22-10-16)17(21)11-24(18)13(2)15-7-5-4-6-8-15;1-7-12(8(2)17-16-7)10-5-9-3-4-11(14)13(9)15-6-10/h4-13,16H,14H2,1-3H3;4-11,13H,1-3H3;4-6H,3H2,1-2H3/i2D3,4D,5D,6D,7D,8D,16D;2D3,4D,5D,6D,7D,8D,13D;. The van der Waals surface area contributed by atoms with Crippen LogP contribution in [0.3, 0.4) is 0 Å². The highest BCUT2D eigenvalue weighted by molar-refractivity contribution is 14.1. The van der Waals surface area contributed by atoms with Gasteiger partial charge < -0.3 is 22.7 Å². The number of hydrogen-bond donors (Lipinski definition) is 0. The van der Waals surface area contributed by atoms with Crippen molar-refractivity contribution in [1.82, 2.24) is 49.3 Å². The molecule has 18 heteroatoms. The molecule has 0 fully saturated rings. The average molecular weight is 1270 g/mol. The fraction of sp³-hybridized carbons (Fsp3) is 0.224. The zero-order valence-electron chi connectivity index (χ0n) is 58.9. The Bertz CT molecular complexity index is 4780. The van der Waals surface area contributed by atoms with Crippen LogP contribution in [0.1, 0.15) is 107 Å². The highest BCUT2D eigenvalue weighted by Crippen LogP contribution is 2.39. The number of aryl methyl sites for hydroxylation is 6. The minimum atomic E-state index is -4.57. The highest BCUT2D eigenvalue weighted by Gasteiger charge is 2.29. The summed E-state index contributed by atoms with van der Waals surface area (Å²) in [6.45, 7) is 2.83. The Balaban J connectivity index is 0.000000167. The van der Waals surface area contributed by atoms with E-state index in [0.717, 1.165) is 62.4 Å². The van der Waals surface area contributed by atoms with Gasteiger partial charge in [0.05, 0.1) is 77.6 Å². The summed E-state index contributed by atoms with van der Waals surface area (Å²) in [7, 11) is 0. The quantitative estimate of drug-likeness (QED) is 0.128. The normalized spacial score (nSPS) is 17.6. The zero-order chi connectivity index (χ0) is 69.1. The van der Waals surface area contributed by atoms with Gasteiger partial charge in [-0.1, -0.05) is 82.0 Å². The average Bonchev–Trinajstić information content (AvgIpc) is 1.36. The molecule has 0 spiro atoms. The number of allylic oxidation sites excluding steroid dienone is 1. The van der Waals surface area contributed by atoms with E-state index in [0.29, 0.717) is 58.9 Å². The van der Waals surface area contributed by atoms with E-state index in [1.54, 1.807) is 40.0 Å². The summed E-state index contributed by atoms with van der Waals surface area (Å²) >= 11 is 4.29. The first kappa shape index (κ1) is 34.5. The minimum absolute atomic E-state index is 0.0194. The molecule has 0 N–H and O–H groups in total. The maximum absolute atomic E-state index is 13.0. The van der Waals surface area contributed by atoms with Crippen LogP contribution in [0.2, 0.25) is 0 Å². The lowest BCUT2D eigenvalue weighted by Gasteiger charge is -2.16. The maximum Gasteiger partial charge on any atom is 0.408 e. The maximum atomic E-state index is 13.0. The van der Waals surface area contributed by atoms with E-state index in [4.69, 9.17) is 35.5 Å². The molecular weight excluding hydrogens is 1200 g/mol. The van der Waals surface area contributed by atoms with Gasteiger partial charge in [0.25, 0.3) is 0 Å². The van der Waals surface area contributed by atoms with Crippen LogP contribution >= 0.6 is 45.2 Å². The predicted octanol–water partition coefficient (Wildman–Crippen LogP) is 15.6. The summed E-state index contributed by atoms with van der Waals surface area (Å²) < 4.78 is 210. The number of nitrogens with zero attached hydrogens (tertiary/aromatic N) is 10. The molecule has 11 aromatic rings. The molecule has 76 heavy (non-hydrogen) atoms. The minimum Gasteiger partial charge on any atom is -0.361 e. The molecule has 2 atom stereocenters. The zero-order valence-corrected chi connectivity index (χ0v) is 45.2. The van der Waals surface area contributed by atoms with E-state index in [-0.39, 0.29) is 27.7 Å². The number of pyridine rings is 3. The largest absolute Gasteiger partial charge is 0.408 e. The van der Waals surface area contributed by atoms with Crippen LogP contribution < -0.4 is 0 Å². The van der Waals surface area contributed by atoms with E-state index in [1.165, 1.54) is 27.6 Å². The Hall–Kier alpha value is -7.20. The number of benzene rings is 2. The fourth-order valence-electron chi connectivity index (χ4n) is 8.77. The molecule has 13 nitrogen and oxygen atoms in total. The Morgan fingerprint density at radius 2 is 1.12 bits per heavy atom. The molecule has 0 saturated carbocycles. The number of rotatable bonds is 9. The molecular formula is C58H51F3I2N10O3. The molecule has 1 aliphatic carbocycles. The van der Waals surface area contributed by atoms with E-state index in [1.807, 2.05) is 42.6 Å².